The van der Waals surface area contributed by atoms with Crippen LogP contribution in [0.25, 0.3) is 0 Å². The molecular weight excluding hydrogens is 250 g/mol. The number of rotatable bonds is 3. The molecule has 0 spiro atoms. The highest BCUT2D eigenvalue weighted by Crippen LogP contribution is 2.26. The first-order chi connectivity index (χ1) is 9.43. The molecule has 2 rings (SSSR count). The van der Waals surface area contributed by atoms with Gasteiger partial charge in [-0.2, -0.15) is 0 Å². The van der Waals surface area contributed by atoms with Crippen LogP contribution in [0.1, 0.15) is 32.6 Å². The lowest BCUT2D eigenvalue weighted by Gasteiger charge is -2.11. The van der Waals surface area contributed by atoms with Crippen molar-refractivity contribution in [3.63, 3.8) is 0 Å². The fourth-order valence-corrected chi connectivity index (χ4v) is 2.35. The molecule has 0 aliphatic rings. The van der Waals surface area contributed by atoms with E-state index < -0.39 is 0 Å². The molecule has 0 aromatic heterocycles. The van der Waals surface area contributed by atoms with Crippen molar-refractivity contribution in [1.29, 1.82) is 0 Å². The van der Waals surface area contributed by atoms with Crippen LogP contribution in [0.3, 0.4) is 0 Å². The van der Waals surface area contributed by atoms with Crippen LogP contribution in [0.2, 0.25) is 0 Å². The van der Waals surface area contributed by atoms with E-state index in [9.17, 15) is 4.79 Å². The Balaban J connectivity index is 2.45. The molecular formula is C17H19NO2. The standard InChI is InChI=1S/C17H19NO2/c1-10-5-6-13(9-15(10)18)16(19)14-7-11(2)17(20-4)12(3)8-14/h5-9H,18H2,1-4H3. The van der Waals surface area contributed by atoms with Crippen LogP contribution in [-0.2, 0) is 0 Å². The van der Waals surface area contributed by atoms with Gasteiger partial charge in [-0.15, -0.1) is 0 Å². The summed E-state index contributed by atoms with van der Waals surface area (Å²) in [5.74, 6) is 0.801. The van der Waals surface area contributed by atoms with Crippen LogP contribution in [0, 0.1) is 20.8 Å². The number of ether oxygens (including phenoxy) is 1. The summed E-state index contributed by atoms with van der Waals surface area (Å²) >= 11 is 0. The molecule has 0 unspecified atom stereocenters. The fraction of sp³-hybridized carbons (Fsp3) is 0.235. The van der Waals surface area contributed by atoms with Crippen molar-refractivity contribution in [1.82, 2.24) is 0 Å². The first-order valence-electron chi connectivity index (χ1n) is 6.50. The van der Waals surface area contributed by atoms with Gasteiger partial charge in [0.15, 0.2) is 5.78 Å². The number of nitrogens with two attached hydrogens (primary N) is 1. The van der Waals surface area contributed by atoms with Crippen molar-refractivity contribution in [2.24, 2.45) is 0 Å². The molecule has 0 saturated heterocycles. The zero-order valence-electron chi connectivity index (χ0n) is 12.3. The second-order valence-electron chi connectivity index (χ2n) is 5.04. The number of anilines is 1. The van der Waals surface area contributed by atoms with Crippen LogP contribution in [0.15, 0.2) is 30.3 Å². The van der Waals surface area contributed by atoms with E-state index in [-0.39, 0.29) is 5.78 Å². The predicted octanol–water partition coefficient (Wildman–Crippen LogP) is 3.43. The van der Waals surface area contributed by atoms with Crippen molar-refractivity contribution in [3.05, 3.63) is 58.1 Å². The molecule has 0 radical (unpaired) electrons. The highest BCUT2D eigenvalue weighted by atomic mass is 16.5. The molecule has 20 heavy (non-hydrogen) atoms. The zero-order valence-corrected chi connectivity index (χ0v) is 12.3. The minimum Gasteiger partial charge on any atom is -0.496 e. The highest BCUT2D eigenvalue weighted by molar-refractivity contribution is 6.09. The molecule has 2 aromatic rings. The number of carbonyl (C=O) groups excluding carboxylic acids is 1. The Bertz CT molecular complexity index is 652. The van der Waals surface area contributed by atoms with Crippen molar-refractivity contribution in [2.75, 3.05) is 12.8 Å². The summed E-state index contributed by atoms with van der Waals surface area (Å²) in [6.45, 7) is 5.80. The van der Waals surface area contributed by atoms with Crippen LogP contribution in [0.5, 0.6) is 5.75 Å². The lowest BCUT2D eigenvalue weighted by molar-refractivity contribution is 0.103. The minimum atomic E-state index is -0.0226. The van der Waals surface area contributed by atoms with E-state index in [1.807, 2.05) is 45.0 Å². The number of hydrogen-bond acceptors (Lipinski definition) is 3. The Kier molecular flexibility index (Phi) is 3.79. The number of hydrogen-bond donors (Lipinski definition) is 1. The SMILES string of the molecule is COc1c(C)cc(C(=O)c2ccc(C)c(N)c2)cc1C. The minimum absolute atomic E-state index is 0.0226. The predicted molar refractivity (Wildman–Crippen MR) is 81.5 cm³/mol. The van der Waals surface area contributed by atoms with Crippen LogP contribution in [0.4, 0.5) is 5.69 Å². The van der Waals surface area contributed by atoms with Gasteiger partial charge in [0, 0.05) is 16.8 Å². The van der Waals surface area contributed by atoms with E-state index in [4.69, 9.17) is 10.5 Å². The molecule has 0 heterocycles. The molecule has 2 N–H and O–H groups in total. The number of ketones is 1. The summed E-state index contributed by atoms with van der Waals surface area (Å²) in [7, 11) is 1.64. The smallest absolute Gasteiger partial charge is 0.193 e. The third-order valence-corrected chi connectivity index (χ3v) is 3.47. The summed E-state index contributed by atoms with van der Waals surface area (Å²) in [5, 5.41) is 0. The molecule has 0 aliphatic heterocycles. The largest absolute Gasteiger partial charge is 0.496 e. The summed E-state index contributed by atoms with van der Waals surface area (Å²) < 4.78 is 5.32. The summed E-state index contributed by atoms with van der Waals surface area (Å²) in [6.07, 6.45) is 0. The second-order valence-corrected chi connectivity index (χ2v) is 5.04. The van der Waals surface area contributed by atoms with Crippen molar-refractivity contribution < 1.29 is 9.53 Å². The summed E-state index contributed by atoms with van der Waals surface area (Å²) in [5.41, 5.74) is 10.7. The average molecular weight is 269 g/mol. The molecule has 0 fully saturated rings. The van der Waals surface area contributed by atoms with Crippen LogP contribution >= 0.6 is 0 Å². The third-order valence-electron chi connectivity index (χ3n) is 3.47. The van der Waals surface area contributed by atoms with E-state index >= 15 is 0 Å². The van der Waals surface area contributed by atoms with E-state index in [1.165, 1.54) is 0 Å². The van der Waals surface area contributed by atoms with E-state index in [1.54, 1.807) is 13.2 Å². The van der Waals surface area contributed by atoms with Gasteiger partial charge in [-0.05, 0) is 55.7 Å². The maximum atomic E-state index is 12.5. The van der Waals surface area contributed by atoms with Gasteiger partial charge in [-0.25, -0.2) is 0 Å². The maximum Gasteiger partial charge on any atom is 0.193 e. The molecule has 0 saturated carbocycles. The maximum absolute atomic E-state index is 12.5. The summed E-state index contributed by atoms with van der Waals surface area (Å²) in [6, 6.07) is 9.11. The van der Waals surface area contributed by atoms with E-state index in [0.717, 1.165) is 22.4 Å². The third kappa shape index (κ3) is 2.52. The zero-order chi connectivity index (χ0) is 14.9. The lowest BCUT2D eigenvalue weighted by atomic mass is 9.97. The monoisotopic (exact) mass is 269 g/mol. The molecule has 3 heteroatoms. The molecule has 0 bridgehead atoms. The molecule has 104 valence electrons. The van der Waals surface area contributed by atoms with E-state index in [0.29, 0.717) is 16.8 Å². The molecule has 2 aromatic carbocycles. The Morgan fingerprint density at radius 1 is 0.950 bits per heavy atom. The first kappa shape index (κ1) is 14.1. The molecule has 0 amide bonds. The Morgan fingerprint density at radius 2 is 1.55 bits per heavy atom. The number of aryl methyl sites for hydroxylation is 3. The Hall–Kier alpha value is -2.29. The number of carbonyl (C=O) groups is 1. The van der Waals surface area contributed by atoms with Gasteiger partial charge >= 0.3 is 0 Å². The topological polar surface area (TPSA) is 52.3 Å². The highest BCUT2D eigenvalue weighted by Gasteiger charge is 2.13. The Morgan fingerprint density at radius 3 is 2.05 bits per heavy atom. The van der Waals surface area contributed by atoms with Gasteiger partial charge in [0.05, 0.1) is 7.11 Å². The van der Waals surface area contributed by atoms with Gasteiger partial charge in [0.1, 0.15) is 5.75 Å². The van der Waals surface area contributed by atoms with Gasteiger partial charge in [0.2, 0.25) is 0 Å². The Labute approximate surface area is 119 Å². The van der Waals surface area contributed by atoms with E-state index in [2.05, 4.69) is 0 Å². The van der Waals surface area contributed by atoms with Crippen molar-refractivity contribution >= 4 is 11.5 Å². The molecule has 0 aliphatic carbocycles. The average Bonchev–Trinajstić information content (AvgIpc) is 2.40. The van der Waals surface area contributed by atoms with Gasteiger partial charge in [-0.1, -0.05) is 12.1 Å². The second kappa shape index (κ2) is 5.37. The molecule has 3 nitrogen and oxygen atoms in total. The van der Waals surface area contributed by atoms with Crippen molar-refractivity contribution in [3.8, 4) is 5.75 Å². The molecule has 0 atom stereocenters. The lowest BCUT2D eigenvalue weighted by Crippen LogP contribution is -2.05. The quantitative estimate of drug-likeness (QED) is 0.686. The van der Waals surface area contributed by atoms with Crippen LogP contribution < -0.4 is 10.5 Å². The fourth-order valence-electron chi connectivity index (χ4n) is 2.35. The van der Waals surface area contributed by atoms with Gasteiger partial charge < -0.3 is 10.5 Å². The number of methoxy groups -OCH3 is 1. The summed E-state index contributed by atoms with van der Waals surface area (Å²) in [4.78, 5) is 12.5. The van der Waals surface area contributed by atoms with Crippen molar-refractivity contribution in [2.45, 2.75) is 20.8 Å². The van der Waals surface area contributed by atoms with Gasteiger partial charge in [-0.3, -0.25) is 4.79 Å². The van der Waals surface area contributed by atoms with Gasteiger partial charge in [0.25, 0.3) is 0 Å². The normalized spacial score (nSPS) is 10.4. The van der Waals surface area contributed by atoms with Crippen LogP contribution in [-0.4, -0.2) is 12.9 Å². The first-order valence-corrected chi connectivity index (χ1v) is 6.50. The number of benzene rings is 2. The number of nitrogen functional groups attached to an aromatic ring is 1.